The Morgan fingerprint density at radius 1 is 1.24 bits per heavy atom. The molecule has 1 aliphatic rings. The first kappa shape index (κ1) is 15.5. The van der Waals surface area contributed by atoms with Gasteiger partial charge >= 0.3 is 0 Å². The van der Waals surface area contributed by atoms with Crippen LogP contribution in [0.3, 0.4) is 0 Å². The zero-order valence-electron chi connectivity index (χ0n) is 12.9. The van der Waals surface area contributed by atoms with Gasteiger partial charge in [0.15, 0.2) is 0 Å². The molecule has 0 aromatic heterocycles. The van der Waals surface area contributed by atoms with Crippen LogP contribution in [0.1, 0.15) is 43.7 Å². The molecule has 0 spiro atoms. The van der Waals surface area contributed by atoms with E-state index >= 15 is 0 Å². The first-order valence-electron chi connectivity index (χ1n) is 7.70. The summed E-state index contributed by atoms with van der Waals surface area (Å²) in [5, 5.41) is 2.92. The van der Waals surface area contributed by atoms with Crippen molar-refractivity contribution < 1.29 is 9.59 Å². The largest absolute Gasteiger partial charge is 0.350 e. The van der Waals surface area contributed by atoms with E-state index in [-0.39, 0.29) is 17.9 Å². The summed E-state index contributed by atoms with van der Waals surface area (Å²) in [4.78, 5) is 26.0. The molecule has 1 aliphatic heterocycles. The molecule has 4 nitrogen and oxygen atoms in total. The first-order valence-corrected chi connectivity index (χ1v) is 7.70. The number of amides is 2. The van der Waals surface area contributed by atoms with Gasteiger partial charge in [-0.1, -0.05) is 36.2 Å². The maximum Gasteiger partial charge on any atom is 0.242 e. The Hall–Kier alpha value is -1.84. The SMILES string of the molecule is Cc1ccc(CNC(=O)C(C)N2CCCCCC2=O)cc1. The lowest BCUT2D eigenvalue weighted by Gasteiger charge is -2.27. The van der Waals surface area contributed by atoms with Crippen LogP contribution in [0.2, 0.25) is 0 Å². The number of carbonyl (C=O) groups is 2. The van der Waals surface area contributed by atoms with Gasteiger partial charge in [0.1, 0.15) is 6.04 Å². The van der Waals surface area contributed by atoms with Gasteiger partial charge in [0.05, 0.1) is 0 Å². The van der Waals surface area contributed by atoms with E-state index in [1.165, 1.54) is 5.56 Å². The Labute approximate surface area is 126 Å². The summed E-state index contributed by atoms with van der Waals surface area (Å²) >= 11 is 0. The van der Waals surface area contributed by atoms with Crippen molar-refractivity contribution in [2.24, 2.45) is 0 Å². The normalized spacial score (nSPS) is 17.2. The third-order valence-electron chi connectivity index (χ3n) is 4.04. The van der Waals surface area contributed by atoms with E-state index in [1.54, 1.807) is 4.90 Å². The van der Waals surface area contributed by atoms with Crippen molar-refractivity contribution in [3.8, 4) is 0 Å². The lowest BCUT2D eigenvalue weighted by molar-refractivity contribution is -0.139. The van der Waals surface area contributed by atoms with E-state index in [0.29, 0.717) is 19.5 Å². The molecule has 0 radical (unpaired) electrons. The van der Waals surface area contributed by atoms with Crippen molar-refractivity contribution in [2.75, 3.05) is 6.54 Å². The molecule has 21 heavy (non-hydrogen) atoms. The molecule has 1 heterocycles. The molecular formula is C17H24N2O2. The summed E-state index contributed by atoms with van der Waals surface area (Å²) in [5.74, 6) is 0.0244. The molecule has 1 saturated heterocycles. The molecular weight excluding hydrogens is 264 g/mol. The molecule has 1 unspecified atom stereocenters. The molecule has 1 aromatic rings. The summed E-state index contributed by atoms with van der Waals surface area (Å²) in [5.41, 5.74) is 2.27. The summed E-state index contributed by atoms with van der Waals surface area (Å²) in [6.07, 6.45) is 3.56. The van der Waals surface area contributed by atoms with Crippen LogP contribution in [-0.4, -0.2) is 29.3 Å². The molecule has 1 fully saturated rings. The lowest BCUT2D eigenvalue weighted by Crippen LogP contribution is -2.47. The minimum atomic E-state index is -0.388. The molecule has 1 N–H and O–H groups in total. The summed E-state index contributed by atoms with van der Waals surface area (Å²) < 4.78 is 0. The fourth-order valence-corrected chi connectivity index (χ4v) is 2.60. The number of nitrogens with one attached hydrogen (secondary N) is 1. The molecule has 0 saturated carbocycles. The molecule has 0 bridgehead atoms. The molecule has 1 aromatic carbocycles. The van der Waals surface area contributed by atoms with E-state index in [1.807, 2.05) is 38.1 Å². The number of nitrogens with zero attached hydrogens (tertiary/aromatic N) is 1. The average molecular weight is 288 g/mol. The summed E-state index contributed by atoms with van der Waals surface area (Å²) in [6, 6.07) is 7.70. The number of benzene rings is 1. The van der Waals surface area contributed by atoms with Crippen molar-refractivity contribution >= 4 is 11.8 Å². The molecule has 4 heteroatoms. The van der Waals surface area contributed by atoms with Crippen LogP contribution in [0.5, 0.6) is 0 Å². The van der Waals surface area contributed by atoms with Crippen LogP contribution in [0.4, 0.5) is 0 Å². The van der Waals surface area contributed by atoms with Crippen LogP contribution < -0.4 is 5.32 Å². The van der Waals surface area contributed by atoms with Gasteiger partial charge in [-0.05, 0) is 32.3 Å². The van der Waals surface area contributed by atoms with Gasteiger partial charge in [0, 0.05) is 19.5 Å². The lowest BCUT2D eigenvalue weighted by atomic mass is 10.1. The van der Waals surface area contributed by atoms with E-state index in [0.717, 1.165) is 24.8 Å². The zero-order chi connectivity index (χ0) is 15.2. The number of hydrogen-bond acceptors (Lipinski definition) is 2. The van der Waals surface area contributed by atoms with Crippen molar-refractivity contribution in [1.82, 2.24) is 10.2 Å². The van der Waals surface area contributed by atoms with Gasteiger partial charge in [0.25, 0.3) is 0 Å². The smallest absolute Gasteiger partial charge is 0.242 e. The Bertz CT molecular complexity index is 496. The van der Waals surface area contributed by atoms with E-state index in [2.05, 4.69) is 5.32 Å². The molecule has 2 rings (SSSR count). The fraction of sp³-hybridized carbons (Fsp3) is 0.529. The van der Waals surface area contributed by atoms with Crippen molar-refractivity contribution in [1.29, 1.82) is 0 Å². The number of carbonyl (C=O) groups excluding carboxylic acids is 2. The second kappa shape index (κ2) is 7.25. The first-order chi connectivity index (χ1) is 10.1. The van der Waals surface area contributed by atoms with E-state index in [4.69, 9.17) is 0 Å². The fourth-order valence-electron chi connectivity index (χ4n) is 2.60. The maximum atomic E-state index is 12.2. The van der Waals surface area contributed by atoms with Crippen molar-refractivity contribution in [3.63, 3.8) is 0 Å². The monoisotopic (exact) mass is 288 g/mol. The quantitative estimate of drug-likeness (QED) is 0.925. The molecule has 114 valence electrons. The van der Waals surface area contributed by atoms with Crippen molar-refractivity contribution in [2.45, 2.75) is 52.1 Å². The third-order valence-corrected chi connectivity index (χ3v) is 4.04. The second-order valence-corrected chi connectivity index (χ2v) is 5.78. The van der Waals surface area contributed by atoms with Crippen LogP contribution in [0, 0.1) is 6.92 Å². The van der Waals surface area contributed by atoms with Gasteiger partial charge in [-0.15, -0.1) is 0 Å². The average Bonchev–Trinajstić information content (AvgIpc) is 2.70. The van der Waals surface area contributed by atoms with E-state index in [9.17, 15) is 9.59 Å². The Kier molecular flexibility index (Phi) is 5.37. The Morgan fingerprint density at radius 2 is 1.95 bits per heavy atom. The predicted octanol–water partition coefficient (Wildman–Crippen LogP) is 2.40. The highest BCUT2D eigenvalue weighted by molar-refractivity contribution is 5.87. The van der Waals surface area contributed by atoms with Gasteiger partial charge in [-0.2, -0.15) is 0 Å². The zero-order valence-corrected chi connectivity index (χ0v) is 12.9. The number of rotatable bonds is 4. The van der Waals surface area contributed by atoms with Gasteiger partial charge in [0.2, 0.25) is 11.8 Å². The minimum absolute atomic E-state index is 0.0779. The number of likely N-dealkylation sites (tertiary alicyclic amines) is 1. The second-order valence-electron chi connectivity index (χ2n) is 5.78. The molecule has 1 atom stereocenters. The topological polar surface area (TPSA) is 49.4 Å². The van der Waals surface area contributed by atoms with E-state index < -0.39 is 0 Å². The summed E-state index contributed by atoms with van der Waals surface area (Å²) in [6.45, 7) is 5.05. The maximum absolute atomic E-state index is 12.2. The molecule has 2 amide bonds. The predicted molar refractivity (Wildman–Crippen MR) is 82.7 cm³/mol. The van der Waals surface area contributed by atoms with Gasteiger partial charge in [-0.3, -0.25) is 9.59 Å². The highest BCUT2D eigenvalue weighted by Crippen LogP contribution is 2.14. The summed E-state index contributed by atoms with van der Waals surface area (Å²) in [7, 11) is 0. The minimum Gasteiger partial charge on any atom is -0.350 e. The van der Waals surface area contributed by atoms with Gasteiger partial charge < -0.3 is 10.2 Å². The van der Waals surface area contributed by atoms with Crippen LogP contribution >= 0.6 is 0 Å². The standard InChI is InChI=1S/C17H24N2O2/c1-13-7-9-15(10-8-13)12-18-17(21)14(2)19-11-5-3-4-6-16(19)20/h7-10,14H,3-6,11-12H2,1-2H3,(H,18,21). The number of aryl methyl sites for hydroxylation is 1. The van der Waals surface area contributed by atoms with Gasteiger partial charge in [-0.25, -0.2) is 0 Å². The highest BCUT2D eigenvalue weighted by Gasteiger charge is 2.26. The number of hydrogen-bond donors (Lipinski definition) is 1. The Balaban J connectivity index is 1.89. The van der Waals surface area contributed by atoms with Crippen LogP contribution in [0.15, 0.2) is 24.3 Å². The van der Waals surface area contributed by atoms with Crippen molar-refractivity contribution in [3.05, 3.63) is 35.4 Å². The van der Waals surface area contributed by atoms with Crippen LogP contribution in [0.25, 0.3) is 0 Å². The molecule has 0 aliphatic carbocycles. The van der Waals surface area contributed by atoms with Crippen LogP contribution in [-0.2, 0) is 16.1 Å². The Morgan fingerprint density at radius 3 is 2.67 bits per heavy atom. The highest BCUT2D eigenvalue weighted by atomic mass is 16.2. The third kappa shape index (κ3) is 4.31.